The van der Waals surface area contributed by atoms with Gasteiger partial charge in [-0.2, -0.15) is 0 Å². The predicted octanol–water partition coefficient (Wildman–Crippen LogP) is 7.28. The summed E-state index contributed by atoms with van der Waals surface area (Å²) in [6, 6.07) is 8.42. The first-order valence-electron chi connectivity index (χ1n) is 27.8. The number of halogens is 2. The summed E-state index contributed by atoms with van der Waals surface area (Å²) in [4.78, 5) is 67.8. The topological polar surface area (TPSA) is 188 Å². The average Bonchev–Trinajstić information content (AvgIpc) is 4.54. The Kier molecular flexibility index (Phi) is 16.2. The Morgan fingerprint density at radius 3 is 2.53 bits per heavy atom. The predicted molar refractivity (Wildman–Crippen MR) is 289 cm³/mol. The maximum Gasteiger partial charge on any atom is 0.324 e. The van der Waals surface area contributed by atoms with Crippen LogP contribution in [-0.4, -0.2) is 156 Å². The number of carbonyl (C=O) groups is 3. The van der Waals surface area contributed by atoms with Gasteiger partial charge < -0.3 is 38.5 Å². The van der Waals surface area contributed by atoms with Crippen molar-refractivity contribution < 1.29 is 46.8 Å². The Hall–Kier alpha value is -5.55. The van der Waals surface area contributed by atoms with E-state index in [9.17, 15) is 23.2 Å². The molecule has 418 valence electrons. The third kappa shape index (κ3) is 11.7. The third-order valence-electron chi connectivity index (χ3n) is 16.5. The molecule has 8 heterocycles. The number of rotatable bonds is 15. The molecule has 21 heteroatoms. The average molecular weight is 1100 g/mol. The molecule has 0 unspecified atom stereocenters. The molecule has 7 atom stereocenters. The molecule has 2 saturated carbocycles. The first-order valence-corrected chi connectivity index (χ1v) is 28.7. The highest BCUT2D eigenvalue weighted by Crippen LogP contribution is 2.53. The van der Waals surface area contributed by atoms with Gasteiger partial charge >= 0.3 is 5.97 Å². The van der Waals surface area contributed by atoms with Gasteiger partial charge in [0.05, 0.1) is 60.3 Å². The van der Waals surface area contributed by atoms with E-state index in [4.69, 9.17) is 33.7 Å². The quantitative estimate of drug-likeness (QED) is 0.0995. The van der Waals surface area contributed by atoms with Gasteiger partial charge in [0.1, 0.15) is 35.6 Å². The van der Waals surface area contributed by atoms with Gasteiger partial charge in [0.25, 0.3) is 12.3 Å². The molecule has 6 bridgehead atoms. The van der Waals surface area contributed by atoms with Crippen LogP contribution in [0.4, 0.5) is 14.5 Å². The molecule has 2 aliphatic carbocycles. The molecule has 2 amide bonds. The third-order valence-corrected chi connectivity index (χ3v) is 17.4. The maximum atomic E-state index is 15.0. The summed E-state index contributed by atoms with van der Waals surface area (Å²) in [7, 11) is 1.70. The van der Waals surface area contributed by atoms with Crippen molar-refractivity contribution in [3.05, 3.63) is 76.4 Å². The number of nitrogens with one attached hydrogen (secondary N) is 2. The largest absolute Gasteiger partial charge is 0.464 e. The number of benzene rings is 1. The van der Waals surface area contributed by atoms with Gasteiger partial charge in [-0.3, -0.25) is 29.3 Å². The molecule has 4 aromatic heterocycles. The van der Waals surface area contributed by atoms with Gasteiger partial charge in [-0.25, -0.2) is 29.2 Å². The number of aromatic nitrogens is 5. The molecule has 2 N–H and O–H groups in total. The van der Waals surface area contributed by atoms with E-state index >= 15 is 0 Å². The zero-order valence-corrected chi connectivity index (χ0v) is 46.0. The zero-order valence-electron chi connectivity index (χ0n) is 45.2. The minimum Gasteiger partial charge on any atom is -0.464 e. The number of alkyl halides is 2. The van der Waals surface area contributed by atoms with Crippen molar-refractivity contribution in [3.8, 4) is 22.5 Å². The van der Waals surface area contributed by atoms with Gasteiger partial charge in [-0.15, -0.1) is 11.3 Å². The normalized spacial score (nSPS) is 25.7. The molecular formula is C57H72F2N10O8S. The van der Waals surface area contributed by atoms with E-state index in [0.29, 0.717) is 63.2 Å². The number of hydrogen-bond acceptors (Lipinski definition) is 16. The summed E-state index contributed by atoms with van der Waals surface area (Å²) in [5, 5.41) is 7.20. The number of hydrogen-bond donors (Lipinski definition) is 2. The highest BCUT2D eigenvalue weighted by atomic mass is 32.1. The Balaban J connectivity index is 1.04. The molecule has 1 aromatic carbocycles. The van der Waals surface area contributed by atoms with Crippen LogP contribution < -0.4 is 15.6 Å². The van der Waals surface area contributed by atoms with Gasteiger partial charge in [0.15, 0.2) is 0 Å². The monoisotopic (exact) mass is 1090 g/mol. The standard InChI is InChI=1S/C57H72F2N10O8S/c1-33-46(52-60-15-7-16-61-52)47(33)53(70)64-49-51(76-30-45(58)59)54-63-43(31-78-54)35-9-12-44-39(26-35)41(28-57(3,4)32-77-56(72)42-8-6-17-69(65-42)55(49)71)50(68(44)22-25-75-38-13-23-74-24-14-38)40-27-37(29-62-48(40)34(2)73-5)67-20-18-66(19-21-67)36-10-11-36/h7,9,12,15-16,26-27,29,31,33-34,36,38,42,45-47,49,51,65H,6,8,10-11,13-14,17-25,28,30,32H2,1-5H3,(H,64,70)/t33-,34+,42+,46+,47+,49+,51+/m1/s1. The molecule has 0 radical (unpaired) electrons. The number of piperazine rings is 1. The Morgan fingerprint density at radius 2 is 1.78 bits per heavy atom. The van der Waals surface area contributed by atoms with Crippen LogP contribution in [0.25, 0.3) is 33.4 Å². The zero-order chi connectivity index (χ0) is 54.2. The minimum atomic E-state index is -2.90. The smallest absolute Gasteiger partial charge is 0.324 e. The number of amides is 2. The summed E-state index contributed by atoms with van der Waals surface area (Å²) in [6.07, 6.45) is 6.00. The molecule has 4 aliphatic heterocycles. The van der Waals surface area contributed by atoms with E-state index in [-0.39, 0.29) is 42.2 Å². The van der Waals surface area contributed by atoms with Gasteiger partial charge in [0, 0.05) is 117 Å². The molecule has 5 aromatic rings. The van der Waals surface area contributed by atoms with E-state index in [2.05, 4.69) is 67.1 Å². The molecule has 5 fully saturated rings. The minimum absolute atomic E-state index is 0.0467. The van der Waals surface area contributed by atoms with Crippen LogP contribution >= 0.6 is 11.3 Å². The number of thiazole rings is 1. The molecule has 3 saturated heterocycles. The molecule has 78 heavy (non-hydrogen) atoms. The van der Waals surface area contributed by atoms with Crippen molar-refractivity contribution in [1.82, 2.24) is 45.2 Å². The first kappa shape index (κ1) is 54.4. The molecule has 18 nitrogen and oxygen atoms in total. The van der Waals surface area contributed by atoms with Crippen LogP contribution in [-0.2, 0) is 51.0 Å². The lowest BCUT2D eigenvalue weighted by molar-refractivity contribution is -0.157. The summed E-state index contributed by atoms with van der Waals surface area (Å²) in [6.45, 7) is 13.3. The second-order valence-corrected chi connectivity index (χ2v) is 23.5. The molecule has 0 spiro atoms. The van der Waals surface area contributed by atoms with Crippen LogP contribution in [0.15, 0.2) is 54.3 Å². The highest BCUT2D eigenvalue weighted by Gasteiger charge is 2.55. The Morgan fingerprint density at radius 1 is 1.00 bits per heavy atom. The van der Waals surface area contributed by atoms with Crippen molar-refractivity contribution in [1.29, 1.82) is 0 Å². The van der Waals surface area contributed by atoms with E-state index in [1.165, 1.54) is 17.9 Å². The molecular weight excluding hydrogens is 1020 g/mol. The summed E-state index contributed by atoms with van der Waals surface area (Å²) < 4.78 is 61.6. The number of fused-ring (bicyclic) bond motifs is 6. The van der Waals surface area contributed by atoms with E-state index < -0.39 is 60.3 Å². The van der Waals surface area contributed by atoms with Crippen molar-refractivity contribution in [2.75, 3.05) is 77.8 Å². The van der Waals surface area contributed by atoms with Crippen molar-refractivity contribution >= 4 is 45.7 Å². The summed E-state index contributed by atoms with van der Waals surface area (Å²) in [5.41, 5.74) is 9.41. The van der Waals surface area contributed by atoms with E-state index in [0.717, 1.165) is 95.0 Å². The first-order chi connectivity index (χ1) is 37.7. The fourth-order valence-corrected chi connectivity index (χ4v) is 12.9. The maximum absolute atomic E-state index is 15.0. The van der Waals surface area contributed by atoms with Crippen LogP contribution in [0.2, 0.25) is 0 Å². The van der Waals surface area contributed by atoms with Gasteiger partial charge in [-0.1, -0.05) is 26.8 Å². The molecule has 6 aliphatic rings. The van der Waals surface area contributed by atoms with Crippen LogP contribution in [0.5, 0.6) is 0 Å². The Labute approximate surface area is 457 Å². The fraction of sp³-hybridized carbons (Fsp3) is 0.596. The summed E-state index contributed by atoms with van der Waals surface area (Å²) in [5.74, 6) is -2.27. The number of ether oxygens (including phenoxy) is 5. The lowest BCUT2D eigenvalue weighted by Gasteiger charge is -2.37. The lowest BCUT2D eigenvalue weighted by Crippen LogP contribution is -2.61. The van der Waals surface area contributed by atoms with Crippen LogP contribution in [0, 0.1) is 17.3 Å². The number of esters is 1. The van der Waals surface area contributed by atoms with Crippen molar-refractivity contribution in [2.24, 2.45) is 17.3 Å². The second kappa shape index (κ2) is 23.3. The van der Waals surface area contributed by atoms with Crippen LogP contribution in [0.1, 0.15) is 106 Å². The molecule has 11 rings (SSSR count). The number of carbonyl (C=O) groups excluding carboxylic acids is 3. The highest BCUT2D eigenvalue weighted by molar-refractivity contribution is 7.10. The lowest BCUT2D eigenvalue weighted by atomic mass is 9.84. The van der Waals surface area contributed by atoms with E-state index in [1.807, 2.05) is 31.5 Å². The Bertz CT molecular complexity index is 2940. The van der Waals surface area contributed by atoms with Crippen LogP contribution in [0.3, 0.4) is 0 Å². The van der Waals surface area contributed by atoms with Gasteiger partial charge in [-0.05, 0) is 87.6 Å². The number of cyclic esters (lactones) is 1. The number of nitrogens with zero attached hydrogens (tertiary/aromatic N) is 8. The number of anilines is 1. The number of hydrazine groups is 1. The van der Waals surface area contributed by atoms with Crippen molar-refractivity contribution in [3.63, 3.8) is 0 Å². The number of methoxy groups -OCH3 is 1. The van der Waals surface area contributed by atoms with Crippen molar-refractivity contribution in [2.45, 2.75) is 128 Å². The number of pyridine rings is 1. The van der Waals surface area contributed by atoms with E-state index in [1.54, 1.807) is 25.6 Å². The second-order valence-electron chi connectivity index (χ2n) is 22.6. The summed E-state index contributed by atoms with van der Waals surface area (Å²) >= 11 is 1.16. The van der Waals surface area contributed by atoms with Gasteiger partial charge in [0.2, 0.25) is 5.91 Å². The fourth-order valence-electron chi connectivity index (χ4n) is 12.0. The SMILES string of the molecule is CO[C@@H](C)c1ncc(N2CCN(C3CC3)CC2)cc1-c1c2c3cc(ccc3n1CCOC1CCOCC1)-c1csc(n1)[C@@H](OCC(F)F)[C@H](NC(=O)[C@H]1[C@H](C)[C@@H]1c1ncccn1)C(=O)N1CCC[C@H](N1)C(=O)OCC(C)(C)C2.